The lowest BCUT2D eigenvalue weighted by molar-refractivity contribution is -0.120. The minimum atomic E-state index is 0.00228. The molecule has 0 aromatic heterocycles. The van der Waals surface area contributed by atoms with Crippen molar-refractivity contribution in [3.8, 4) is 0 Å². The van der Waals surface area contributed by atoms with Crippen molar-refractivity contribution in [3.63, 3.8) is 0 Å². The number of fused-ring (bicyclic) bond motifs is 1. The zero-order valence-electron chi connectivity index (χ0n) is 11.1. The summed E-state index contributed by atoms with van der Waals surface area (Å²) < 4.78 is 0. The summed E-state index contributed by atoms with van der Waals surface area (Å²) in [5.41, 5.74) is 1.52. The van der Waals surface area contributed by atoms with Crippen molar-refractivity contribution >= 4 is 35.0 Å². The number of amides is 2. The molecule has 0 unspecified atom stereocenters. The van der Waals surface area contributed by atoms with Gasteiger partial charge in [-0.25, -0.2) is 0 Å². The topological polar surface area (TPSA) is 70.2 Å². The van der Waals surface area contributed by atoms with Crippen LogP contribution in [-0.4, -0.2) is 30.7 Å². The predicted molar refractivity (Wildman–Crippen MR) is 80.0 cm³/mol. The quantitative estimate of drug-likeness (QED) is 0.775. The van der Waals surface area contributed by atoms with Crippen LogP contribution in [0.25, 0.3) is 0 Å². The zero-order chi connectivity index (χ0) is 13.9. The first-order chi connectivity index (χ1) is 9.72. The summed E-state index contributed by atoms with van der Waals surface area (Å²) >= 11 is 1.52. The number of carbonyl (C=O) groups excluding carboxylic acids is 2. The van der Waals surface area contributed by atoms with E-state index in [1.165, 1.54) is 11.8 Å². The van der Waals surface area contributed by atoms with E-state index in [9.17, 15) is 9.59 Å². The van der Waals surface area contributed by atoms with E-state index in [1.807, 2.05) is 18.2 Å². The highest BCUT2D eigenvalue weighted by Gasteiger charge is 2.21. The summed E-state index contributed by atoms with van der Waals surface area (Å²) in [7, 11) is 0. The Morgan fingerprint density at radius 1 is 1.40 bits per heavy atom. The molecule has 5 nitrogen and oxygen atoms in total. The van der Waals surface area contributed by atoms with Gasteiger partial charge in [0.05, 0.1) is 17.4 Å². The zero-order valence-corrected chi connectivity index (χ0v) is 11.9. The molecule has 20 heavy (non-hydrogen) atoms. The number of thioether (sulfide) groups is 1. The summed E-state index contributed by atoms with van der Waals surface area (Å²) in [6.07, 6.45) is 1.96. The molecule has 6 heteroatoms. The van der Waals surface area contributed by atoms with Gasteiger partial charge in [0, 0.05) is 17.1 Å². The molecule has 1 fully saturated rings. The second-order valence-corrected chi connectivity index (χ2v) is 6.10. The third-order valence-corrected chi connectivity index (χ3v) is 4.62. The van der Waals surface area contributed by atoms with Gasteiger partial charge in [-0.05, 0) is 37.6 Å². The SMILES string of the molecule is O=C1CSc2ccc(NC(=O)[C@@H]3CCCNC3)cc2N1. The lowest BCUT2D eigenvalue weighted by atomic mass is 9.99. The van der Waals surface area contributed by atoms with Crippen LogP contribution in [0.2, 0.25) is 0 Å². The third kappa shape index (κ3) is 2.96. The summed E-state index contributed by atoms with van der Waals surface area (Å²) in [4.78, 5) is 24.6. The van der Waals surface area contributed by atoms with Gasteiger partial charge >= 0.3 is 0 Å². The molecule has 0 spiro atoms. The van der Waals surface area contributed by atoms with Crippen molar-refractivity contribution in [1.29, 1.82) is 0 Å². The van der Waals surface area contributed by atoms with Crippen molar-refractivity contribution in [1.82, 2.24) is 5.32 Å². The number of rotatable bonds is 2. The molecular weight excluding hydrogens is 274 g/mol. The highest BCUT2D eigenvalue weighted by atomic mass is 32.2. The minimum absolute atomic E-state index is 0.00228. The molecule has 3 rings (SSSR count). The normalized spacial score (nSPS) is 21.8. The van der Waals surface area contributed by atoms with Crippen LogP contribution in [0.4, 0.5) is 11.4 Å². The second kappa shape index (κ2) is 5.85. The maximum Gasteiger partial charge on any atom is 0.234 e. The molecule has 2 amide bonds. The van der Waals surface area contributed by atoms with Crippen molar-refractivity contribution < 1.29 is 9.59 Å². The van der Waals surface area contributed by atoms with Gasteiger partial charge in [0.2, 0.25) is 11.8 Å². The Morgan fingerprint density at radius 2 is 2.30 bits per heavy atom. The van der Waals surface area contributed by atoms with Crippen molar-refractivity contribution in [2.24, 2.45) is 5.92 Å². The van der Waals surface area contributed by atoms with Gasteiger partial charge in [-0.3, -0.25) is 9.59 Å². The first-order valence-corrected chi connectivity index (χ1v) is 7.79. The van der Waals surface area contributed by atoms with Crippen LogP contribution < -0.4 is 16.0 Å². The lowest BCUT2D eigenvalue weighted by Crippen LogP contribution is -2.37. The molecule has 1 aromatic carbocycles. The van der Waals surface area contributed by atoms with Crippen molar-refractivity contribution in [2.75, 3.05) is 29.5 Å². The summed E-state index contributed by atoms with van der Waals surface area (Å²) in [5.74, 6) is 0.532. The Bertz CT molecular complexity index is 541. The number of hydrogen-bond donors (Lipinski definition) is 3. The molecule has 0 bridgehead atoms. The van der Waals surface area contributed by atoms with Gasteiger partial charge in [-0.2, -0.15) is 0 Å². The highest BCUT2D eigenvalue weighted by molar-refractivity contribution is 8.00. The largest absolute Gasteiger partial charge is 0.326 e. The Hall–Kier alpha value is -1.53. The van der Waals surface area contributed by atoms with Crippen LogP contribution >= 0.6 is 11.8 Å². The molecule has 1 atom stereocenters. The number of benzene rings is 1. The molecule has 0 saturated carbocycles. The van der Waals surface area contributed by atoms with Crippen molar-refractivity contribution in [3.05, 3.63) is 18.2 Å². The Morgan fingerprint density at radius 3 is 3.10 bits per heavy atom. The van der Waals surface area contributed by atoms with Gasteiger partial charge in [0.25, 0.3) is 0 Å². The van der Waals surface area contributed by atoms with Crippen molar-refractivity contribution in [2.45, 2.75) is 17.7 Å². The van der Waals surface area contributed by atoms with Gasteiger partial charge in [-0.1, -0.05) is 0 Å². The van der Waals surface area contributed by atoms with E-state index >= 15 is 0 Å². The van der Waals surface area contributed by atoms with Gasteiger partial charge in [-0.15, -0.1) is 11.8 Å². The molecule has 3 N–H and O–H groups in total. The van der Waals surface area contributed by atoms with E-state index < -0.39 is 0 Å². The van der Waals surface area contributed by atoms with Crippen LogP contribution in [0.5, 0.6) is 0 Å². The van der Waals surface area contributed by atoms with Gasteiger partial charge in [0.1, 0.15) is 0 Å². The highest BCUT2D eigenvalue weighted by Crippen LogP contribution is 2.33. The molecule has 0 aliphatic carbocycles. The monoisotopic (exact) mass is 291 g/mol. The minimum Gasteiger partial charge on any atom is -0.326 e. The maximum absolute atomic E-state index is 12.2. The van der Waals surface area contributed by atoms with Gasteiger partial charge in [0.15, 0.2) is 0 Å². The average molecular weight is 291 g/mol. The number of hydrogen-bond acceptors (Lipinski definition) is 4. The molecule has 1 saturated heterocycles. The second-order valence-electron chi connectivity index (χ2n) is 5.08. The first kappa shape index (κ1) is 13.5. The van der Waals surface area contributed by atoms with E-state index in [2.05, 4.69) is 16.0 Å². The molecular formula is C14H17N3O2S. The molecule has 0 radical (unpaired) electrons. The molecule has 2 heterocycles. The number of nitrogens with one attached hydrogen (secondary N) is 3. The smallest absolute Gasteiger partial charge is 0.234 e. The third-order valence-electron chi connectivity index (χ3n) is 3.55. The van der Waals surface area contributed by atoms with Crippen LogP contribution in [-0.2, 0) is 9.59 Å². The number of anilines is 2. The van der Waals surface area contributed by atoms with E-state index in [0.717, 1.165) is 42.2 Å². The summed E-state index contributed by atoms with van der Waals surface area (Å²) in [6, 6.07) is 5.65. The number of carbonyl (C=O) groups is 2. The predicted octanol–water partition coefficient (Wildman–Crippen LogP) is 1.67. The van der Waals surface area contributed by atoms with Crippen LogP contribution in [0.3, 0.4) is 0 Å². The lowest BCUT2D eigenvalue weighted by Gasteiger charge is -2.22. The Balaban J connectivity index is 1.69. The molecule has 106 valence electrons. The van der Waals surface area contributed by atoms with Crippen LogP contribution in [0.15, 0.2) is 23.1 Å². The summed E-state index contributed by atoms with van der Waals surface area (Å²) in [5, 5.41) is 9.00. The molecule has 2 aliphatic rings. The van der Waals surface area contributed by atoms with E-state index in [4.69, 9.17) is 0 Å². The van der Waals surface area contributed by atoms with Gasteiger partial charge < -0.3 is 16.0 Å². The molecule has 2 aliphatic heterocycles. The van der Waals surface area contributed by atoms with E-state index in [1.54, 1.807) is 0 Å². The number of piperidine rings is 1. The fourth-order valence-corrected chi connectivity index (χ4v) is 3.27. The fraction of sp³-hybridized carbons (Fsp3) is 0.429. The maximum atomic E-state index is 12.2. The van der Waals surface area contributed by atoms with Crippen LogP contribution in [0, 0.1) is 5.92 Å². The standard InChI is InChI=1S/C14H17N3O2S/c18-13-8-20-12-4-3-10(6-11(12)17-13)16-14(19)9-2-1-5-15-7-9/h3-4,6,9,15H,1-2,5,7-8H2,(H,16,19)(H,17,18)/t9-/m1/s1. The first-order valence-electron chi connectivity index (χ1n) is 6.80. The Labute approximate surface area is 121 Å². The summed E-state index contributed by atoms with van der Waals surface area (Å²) in [6.45, 7) is 1.73. The van der Waals surface area contributed by atoms with Crippen LogP contribution in [0.1, 0.15) is 12.8 Å². The average Bonchev–Trinajstić information content (AvgIpc) is 2.47. The van der Waals surface area contributed by atoms with E-state index in [0.29, 0.717) is 5.75 Å². The Kier molecular flexibility index (Phi) is 3.93. The molecule has 1 aromatic rings. The fourth-order valence-electron chi connectivity index (χ4n) is 2.48. The van der Waals surface area contributed by atoms with E-state index in [-0.39, 0.29) is 17.7 Å².